The molecule has 1 atom stereocenters. The van der Waals surface area contributed by atoms with E-state index in [-0.39, 0.29) is 18.1 Å². The third kappa shape index (κ3) is 5.02. The molecule has 0 bridgehead atoms. The molecule has 1 fully saturated rings. The van der Waals surface area contributed by atoms with E-state index in [0.29, 0.717) is 0 Å². The summed E-state index contributed by atoms with van der Waals surface area (Å²) in [6.07, 6.45) is 11.9. The number of amides is 2. The fourth-order valence-corrected chi connectivity index (χ4v) is 3.80. The first-order valence-electron chi connectivity index (χ1n) is 9.86. The van der Waals surface area contributed by atoms with E-state index in [1.54, 1.807) is 13.3 Å². The molecule has 3 rings (SSSR count). The number of methoxy groups -OCH3 is 1. The highest BCUT2D eigenvalue weighted by Gasteiger charge is 2.24. The number of carbonyl (C=O) groups excluding carboxylic acids is 1. The van der Waals surface area contributed by atoms with Gasteiger partial charge in [0, 0.05) is 31.0 Å². The number of aromatic nitrogens is 2. The largest absolute Gasteiger partial charge is 0.496 e. The predicted octanol–water partition coefficient (Wildman–Crippen LogP) is 3.93. The molecule has 1 aliphatic rings. The van der Waals surface area contributed by atoms with E-state index in [1.807, 2.05) is 42.1 Å². The molecule has 1 heterocycles. The molecular weight excluding hydrogens is 340 g/mol. The molecule has 6 heteroatoms. The second-order valence-corrected chi connectivity index (χ2v) is 7.23. The number of nitrogens with one attached hydrogen (secondary N) is 2. The van der Waals surface area contributed by atoms with Gasteiger partial charge in [0.1, 0.15) is 17.6 Å². The maximum absolute atomic E-state index is 12.8. The summed E-state index contributed by atoms with van der Waals surface area (Å²) in [4.78, 5) is 17.3. The van der Waals surface area contributed by atoms with Gasteiger partial charge in [-0.15, -0.1) is 0 Å². The number of ether oxygens (including phenoxy) is 1. The Hall–Kier alpha value is -2.50. The number of imidazole rings is 1. The van der Waals surface area contributed by atoms with E-state index in [4.69, 9.17) is 4.74 Å². The van der Waals surface area contributed by atoms with Crippen LogP contribution in [-0.2, 0) is 7.05 Å². The monoisotopic (exact) mass is 370 g/mol. The number of carbonyl (C=O) groups is 1. The number of rotatable bonds is 5. The molecule has 1 saturated carbocycles. The van der Waals surface area contributed by atoms with Crippen LogP contribution in [0.1, 0.15) is 62.4 Å². The van der Waals surface area contributed by atoms with Crippen molar-refractivity contribution in [3.8, 4) is 5.75 Å². The first-order chi connectivity index (χ1) is 13.2. The van der Waals surface area contributed by atoms with Crippen molar-refractivity contribution in [2.45, 2.75) is 57.0 Å². The topological polar surface area (TPSA) is 68.2 Å². The van der Waals surface area contributed by atoms with Crippen molar-refractivity contribution < 1.29 is 9.53 Å². The Morgan fingerprint density at radius 2 is 1.89 bits per heavy atom. The Balaban J connectivity index is 1.77. The Morgan fingerprint density at radius 1 is 1.19 bits per heavy atom. The summed E-state index contributed by atoms with van der Waals surface area (Å²) in [5.74, 6) is 1.50. The molecule has 1 aromatic heterocycles. The first-order valence-corrected chi connectivity index (χ1v) is 9.86. The second kappa shape index (κ2) is 9.44. The van der Waals surface area contributed by atoms with Gasteiger partial charge in [-0.25, -0.2) is 9.78 Å². The third-order valence-electron chi connectivity index (χ3n) is 5.28. The van der Waals surface area contributed by atoms with Gasteiger partial charge < -0.3 is 19.9 Å². The highest BCUT2D eigenvalue weighted by molar-refractivity contribution is 5.75. The molecule has 1 unspecified atom stereocenters. The summed E-state index contributed by atoms with van der Waals surface area (Å²) in [5.41, 5.74) is 0.891. The smallest absolute Gasteiger partial charge is 0.315 e. The van der Waals surface area contributed by atoms with Crippen LogP contribution < -0.4 is 15.4 Å². The number of hydrogen-bond acceptors (Lipinski definition) is 3. The van der Waals surface area contributed by atoms with E-state index < -0.39 is 0 Å². The van der Waals surface area contributed by atoms with Crippen LogP contribution in [0.3, 0.4) is 0 Å². The molecule has 1 aromatic carbocycles. The van der Waals surface area contributed by atoms with Crippen LogP contribution in [0.25, 0.3) is 0 Å². The van der Waals surface area contributed by atoms with Crippen LogP contribution in [-0.4, -0.2) is 28.7 Å². The zero-order valence-electron chi connectivity index (χ0n) is 16.3. The van der Waals surface area contributed by atoms with Crippen molar-refractivity contribution in [2.75, 3.05) is 7.11 Å². The molecule has 0 radical (unpaired) electrons. The molecule has 2 aromatic rings. The van der Waals surface area contributed by atoms with Crippen LogP contribution in [0.5, 0.6) is 5.75 Å². The number of benzene rings is 1. The van der Waals surface area contributed by atoms with Gasteiger partial charge in [-0.1, -0.05) is 50.3 Å². The van der Waals surface area contributed by atoms with Crippen molar-refractivity contribution in [3.05, 3.63) is 48.0 Å². The molecule has 0 aliphatic heterocycles. The highest BCUT2D eigenvalue weighted by Crippen LogP contribution is 2.29. The van der Waals surface area contributed by atoms with Crippen molar-refractivity contribution in [2.24, 2.45) is 7.05 Å². The summed E-state index contributed by atoms with van der Waals surface area (Å²) in [7, 11) is 3.57. The van der Waals surface area contributed by atoms with Crippen molar-refractivity contribution >= 4 is 6.03 Å². The van der Waals surface area contributed by atoms with Gasteiger partial charge in [0.05, 0.1) is 7.11 Å². The van der Waals surface area contributed by atoms with Gasteiger partial charge in [0.15, 0.2) is 0 Å². The molecular formula is C21H30N4O2. The lowest BCUT2D eigenvalue weighted by Gasteiger charge is -2.25. The van der Waals surface area contributed by atoms with Gasteiger partial charge in [-0.05, 0) is 18.9 Å². The number of urea groups is 1. The van der Waals surface area contributed by atoms with Crippen molar-refractivity contribution in [1.82, 2.24) is 20.2 Å². The molecule has 2 amide bonds. The SMILES string of the molecule is COc1ccccc1C(NC(=O)NC1CCCCCCC1)c1nccn1C. The Labute approximate surface area is 161 Å². The molecule has 6 nitrogen and oxygen atoms in total. The van der Waals surface area contributed by atoms with E-state index in [1.165, 1.54) is 32.1 Å². The van der Waals surface area contributed by atoms with Crippen molar-refractivity contribution in [3.63, 3.8) is 0 Å². The minimum absolute atomic E-state index is 0.153. The number of para-hydroxylation sites is 1. The van der Waals surface area contributed by atoms with Crippen molar-refractivity contribution in [1.29, 1.82) is 0 Å². The summed E-state index contributed by atoms with van der Waals surface area (Å²) in [5, 5.41) is 6.30. The first kappa shape index (κ1) is 19.3. The van der Waals surface area contributed by atoms with E-state index in [0.717, 1.165) is 30.0 Å². The molecule has 2 N–H and O–H groups in total. The van der Waals surface area contributed by atoms with Crippen LogP contribution in [0.4, 0.5) is 4.79 Å². The lowest BCUT2D eigenvalue weighted by molar-refractivity contribution is 0.231. The van der Waals surface area contributed by atoms with Crippen LogP contribution >= 0.6 is 0 Å². The lowest BCUT2D eigenvalue weighted by atomic mass is 9.97. The maximum Gasteiger partial charge on any atom is 0.315 e. The normalized spacial score (nSPS) is 16.8. The zero-order valence-corrected chi connectivity index (χ0v) is 16.3. The summed E-state index contributed by atoms with van der Waals surface area (Å²) >= 11 is 0. The molecule has 27 heavy (non-hydrogen) atoms. The fourth-order valence-electron chi connectivity index (χ4n) is 3.80. The lowest BCUT2D eigenvalue weighted by Crippen LogP contribution is -2.44. The zero-order chi connectivity index (χ0) is 19.1. The number of hydrogen-bond donors (Lipinski definition) is 2. The highest BCUT2D eigenvalue weighted by atomic mass is 16.5. The van der Waals surface area contributed by atoms with Crippen LogP contribution in [0.2, 0.25) is 0 Å². The quantitative estimate of drug-likeness (QED) is 0.838. The molecule has 0 saturated heterocycles. The summed E-state index contributed by atoms with van der Waals surface area (Å²) < 4.78 is 7.44. The predicted molar refractivity (Wildman–Crippen MR) is 106 cm³/mol. The summed E-state index contributed by atoms with van der Waals surface area (Å²) in [6, 6.07) is 7.45. The van der Waals surface area contributed by atoms with Gasteiger partial charge in [-0.3, -0.25) is 0 Å². The Morgan fingerprint density at radius 3 is 2.56 bits per heavy atom. The fraction of sp³-hybridized carbons (Fsp3) is 0.524. The van der Waals surface area contributed by atoms with Crippen LogP contribution in [0.15, 0.2) is 36.7 Å². The minimum atomic E-state index is -0.380. The van der Waals surface area contributed by atoms with E-state index >= 15 is 0 Å². The minimum Gasteiger partial charge on any atom is -0.496 e. The number of aryl methyl sites for hydroxylation is 1. The van der Waals surface area contributed by atoms with Gasteiger partial charge in [0.25, 0.3) is 0 Å². The standard InChI is InChI=1S/C21H30N4O2/c1-25-15-14-22-20(25)19(17-12-8-9-13-18(17)27-2)24-21(26)23-16-10-6-4-3-5-7-11-16/h8-9,12-16,19H,3-7,10-11H2,1-2H3,(H2,23,24,26). The molecule has 1 aliphatic carbocycles. The third-order valence-corrected chi connectivity index (χ3v) is 5.28. The Kier molecular flexibility index (Phi) is 6.74. The van der Waals surface area contributed by atoms with Gasteiger partial charge in [0.2, 0.25) is 0 Å². The molecule has 146 valence electrons. The van der Waals surface area contributed by atoms with Gasteiger partial charge in [-0.2, -0.15) is 0 Å². The average Bonchev–Trinajstić information content (AvgIpc) is 3.07. The Bertz CT molecular complexity index is 735. The summed E-state index contributed by atoms with van der Waals surface area (Å²) in [6.45, 7) is 0. The van der Waals surface area contributed by atoms with Gasteiger partial charge >= 0.3 is 6.03 Å². The average molecular weight is 370 g/mol. The molecule has 0 spiro atoms. The van der Waals surface area contributed by atoms with Crippen LogP contribution in [0, 0.1) is 0 Å². The van der Waals surface area contributed by atoms with E-state index in [2.05, 4.69) is 15.6 Å². The maximum atomic E-state index is 12.8. The van der Waals surface area contributed by atoms with E-state index in [9.17, 15) is 4.79 Å². The number of nitrogens with zero attached hydrogens (tertiary/aromatic N) is 2. The second-order valence-electron chi connectivity index (χ2n) is 7.23.